The van der Waals surface area contributed by atoms with E-state index in [9.17, 15) is 9.18 Å². The number of carbonyl (C=O) groups is 1. The van der Waals surface area contributed by atoms with Gasteiger partial charge in [0.15, 0.2) is 11.5 Å². The van der Waals surface area contributed by atoms with Crippen LogP contribution in [0.3, 0.4) is 0 Å². The molecule has 0 saturated heterocycles. The van der Waals surface area contributed by atoms with Crippen molar-refractivity contribution in [3.63, 3.8) is 0 Å². The molecule has 0 spiro atoms. The predicted octanol–water partition coefficient (Wildman–Crippen LogP) is 6.40. The topological polar surface area (TPSA) is 81.7 Å². The third-order valence-electron chi connectivity index (χ3n) is 6.84. The van der Waals surface area contributed by atoms with E-state index in [2.05, 4.69) is 15.6 Å². The number of benzene rings is 3. The first-order valence-corrected chi connectivity index (χ1v) is 12.0. The van der Waals surface area contributed by atoms with Gasteiger partial charge in [-0.15, -0.1) is 0 Å². The zero-order chi connectivity index (χ0) is 26.0. The molecule has 1 aliphatic rings. The number of nitrogens with zero attached hydrogens (tertiary/aromatic N) is 1. The molecule has 0 radical (unpaired) electrons. The molecule has 1 saturated carbocycles. The van der Waals surface area contributed by atoms with Gasteiger partial charge in [0.25, 0.3) is 0 Å². The Balaban J connectivity index is 1.27. The second-order valence-electron chi connectivity index (χ2n) is 9.14. The Bertz CT molecular complexity index is 1420. The zero-order valence-corrected chi connectivity index (χ0v) is 20.9. The van der Waals surface area contributed by atoms with Crippen molar-refractivity contribution in [1.82, 2.24) is 4.98 Å². The van der Waals surface area contributed by atoms with E-state index in [1.807, 2.05) is 43.3 Å². The Morgan fingerprint density at radius 1 is 0.919 bits per heavy atom. The summed E-state index contributed by atoms with van der Waals surface area (Å²) < 4.78 is 30.1. The van der Waals surface area contributed by atoms with E-state index in [0.29, 0.717) is 28.7 Å². The Morgan fingerprint density at radius 3 is 2.22 bits per heavy atom. The first kappa shape index (κ1) is 24.4. The minimum Gasteiger partial charge on any atom is -0.493 e. The average molecular weight is 502 g/mol. The highest BCUT2D eigenvalue weighted by Gasteiger charge is 2.54. The van der Waals surface area contributed by atoms with Crippen LogP contribution in [0.2, 0.25) is 0 Å². The molecule has 1 aliphatic carbocycles. The van der Waals surface area contributed by atoms with Crippen molar-refractivity contribution < 1.29 is 23.4 Å². The Labute approximate surface area is 214 Å². The van der Waals surface area contributed by atoms with Gasteiger partial charge in [0.05, 0.1) is 25.2 Å². The molecule has 0 aliphatic heterocycles. The normalized spacial score (nSPS) is 14.5. The highest BCUT2D eigenvalue weighted by molar-refractivity contribution is 5.98. The van der Waals surface area contributed by atoms with Crippen molar-refractivity contribution in [1.29, 1.82) is 0 Å². The summed E-state index contributed by atoms with van der Waals surface area (Å²) in [5, 5.41) is 7.17. The molecule has 1 unspecified atom stereocenters. The molecule has 190 valence electrons. The van der Waals surface area contributed by atoms with E-state index in [1.54, 1.807) is 38.6 Å². The minimum atomic E-state index is -0.500. The summed E-state index contributed by atoms with van der Waals surface area (Å²) >= 11 is 0. The molecule has 3 aromatic carbocycles. The number of carbonyl (C=O) groups excluding carboxylic acids is 1. The second-order valence-corrected chi connectivity index (χ2v) is 9.14. The molecule has 1 atom stereocenters. The summed E-state index contributed by atoms with van der Waals surface area (Å²) in [5.74, 6) is 2.11. The first-order chi connectivity index (χ1) is 17.9. The van der Waals surface area contributed by atoms with Gasteiger partial charge in [-0.3, -0.25) is 9.78 Å². The molecule has 37 heavy (non-hydrogen) atoms. The average Bonchev–Trinajstić information content (AvgIpc) is 3.73. The number of hydrogen-bond acceptors (Lipinski definition) is 6. The maximum absolute atomic E-state index is 13.2. The molecule has 1 heterocycles. The number of hydrogen-bond donors (Lipinski definition) is 2. The fraction of sp³-hybridized carbons (Fsp3) is 0.241. The van der Waals surface area contributed by atoms with Crippen molar-refractivity contribution in [2.24, 2.45) is 5.41 Å². The van der Waals surface area contributed by atoms with Crippen LogP contribution < -0.4 is 24.8 Å². The van der Waals surface area contributed by atoms with Crippen LogP contribution in [0.15, 0.2) is 72.9 Å². The molecule has 1 amide bonds. The van der Waals surface area contributed by atoms with Gasteiger partial charge >= 0.3 is 0 Å². The highest BCUT2D eigenvalue weighted by atomic mass is 19.1. The van der Waals surface area contributed by atoms with E-state index in [4.69, 9.17) is 14.2 Å². The highest BCUT2D eigenvalue weighted by Crippen LogP contribution is 2.50. The molecule has 2 N–H and O–H groups in total. The van der Waals surface area contributed by atoms with E-state index >= 15 is 0 Å². The van der Waals surface area contributed by atoms with Crippen LogP contribution >= 0.6 is 0 Å². The van der Waals surface area contributed by atoms with Crippen molar-refractivity contribution in [2.75, 3.05) is 24.9 Å². The number of methoxy groups -OCH3 is 2. The van der Waals surface area contributed by atoms with E-state index in [0.717, 1.165) is 29.4 Å². The molecule has 7 nitrogen and oxygen atoms in total. The van der Waals surface area contributed by atoms with Gasteiger partial charge in [-0.2, -0.15) is 0 Å². The van der Waals surface area contributed by atoms with E-state index in [1.165, 1.54) is 12.1 Å². The lowest BCUT2D eigenvalue weighted by Crippen LogP contribution is -2.37. The van der Waals surface area contributed by atoms with Gasteiger partial charge in [-0.05, 0) is 80.4 Å². The van der Waals surface area contributed by atoms with Gasteiger partial charge in [-0.25, -0.2) is 4.39 Å². The standard InChI is InChI=1S/C29H28FN3O4/c1-18(29(13-14-29)28(34)33-21-6-4-19(30)5-7-21)32-20-8-10-22(11-9-20)37-25-12-15-31-24-17-27(36-3)26(35-2)16-23(24)25/h4-12,15-18,32H,13-14H2,1-3H3,(H,33,34). The Morgan fingerprint density at radius 2 is 1.57 bits per heavy atom. The predicted molar refractivity (Wildman–Crippen MR) is 141 cm³/mol. The van der Waals surface area contributed by atoms with Crippen LogP contribution in [0.1, 0.15) is 19.8 Å². The summed E-state index contributed by atoms with van der Waals surface area (Å²) in [6.45, 7) is 2.01. The molecular formula is C29H28FN3O4. The van der Waals surface area contributed by atoms with Crippen molar-refractivity contribution >= 4 is 28.2 Å². The summed E-state index contributed by atoms with van der Waals surface area (Å²) in [6.07, 6.45) is 3.27. The van der Waals surface area contributed by atoms with Gasteiger partial charge in [0.1, 0.15) is 17.3 Å². The van der Waals surface area contributed by atoms with Crippen LogP contribution in [-0.4, -0.2) is 31.2 Å². The van der Waals surface area contributed by atoms with E-state index < -0.39 is 5.41 Å². The van der Waals surface area contributed by atoms with Gasteiger partial charge in [0.2, 0.25) is 5.91 Å². The molecule has 0 bridgehead atoms. The smallest absolute Gasteiger partial charge is 0.232 e. The van der Waals surface area contributed by atoms with Gasteiger partial charge in [-0.1, -0.05) is 0 Å². The number of halogens is 1. The summed E-state index contributed by atoms with van der Waals surface area (Å²) in [6, 6.07) is 18.8. The molecular weight excluding hydrogens is 473 g/mol. The quantitative estimate of drug-likeness (QED) is 0.276. The largest absolute Gasteiger partial charge is 0.493 e. The SMILES string of the molecule is COc1cc2nccc(Oc3ccc(NC(C)C4(C(=O)Nc5ccc(F)cc5)CC4)cc3)c2cc1OC. The number of anilines is 2. The van der Waals surface area contributed by atoms with Crippen LogP contribution in [0.5, 0.6) is 23.0 Å². The molecule has 1 fully saturated rings. The lowest BCUT2D eigenvalue weighted by molar-refractivity contribution is -0.121. The molecule has 5 rings (SSSR count). The fourth-order valence-corrected chi connectivity index (χ4v) is 4.45. The van der Waals surface area contributed by atoms with Crippen LogP contribution in [-0.2, 0) is 4.79 Å². The number of pyridine rings is 1. The van der Waals surface area contributed by atoms with Crippen molar-refractivity contribution in [3.8, 4) is 23.0 Å². The van der Waals surface area contributed by atoms with Crippen LogP contribution in [0.4, 0.5) is 15.8 Å². The second kappa shape index (κ2) is 9.97. The van der Waals surface area contributed by atoms with Gasteiger partial charge in [0, 0.05) is 35.1 Å². The number of nitrogens with one attached hydrogen (secondary N) is 2. The molecule has 1 aromatic heterocycles. The fourth-order valence-electron chi connectivity index (χ4n) is 4.45. The zero-order valence-electron chi connectivity index (χ0n) is 20.9. The third kappa shape index (κ3) is 5.00. The minimum absolute atomic E-state index is 0.0596. The monoisotopic (exact) mass is 501 g/mol. The summed E-state index contributed by atoms with van der Waals surface area (Å²) in [7, 11) is 3.18. The van der Waals surface area contributed by atoms with Crippen molar-refractivity contribution in [2.45, 2.75) is 25.8 Å². The number of aromatic nitrogens is 1. The first-order valence-electron chi connectivity index (χ1n) is 12.0. The Hall–Kier alpha value is -4.33. The number of fused-ring (bicyclic) bond motifs is 1. The summed E-state index contributed by atoms with van der Waals surface area (Å²) in [5.41, 5.74) is 1.70. The lowest BCUT2D eigenvalue weighted by atomic mass is 9.96. The molecule has 8 heteroatoms. The number of amides is 1. The molecule has 4 aromatic rings. The number of rotatable bonds is 9. The van der Waals surface area contributed by atoms with Gasteiger partial charge < -0.3 is 24.8 Å². The maximum atomic E-state index is 13.2. The summed E-state index contributed by atoms with van der Waals surface area (Å²) in [4.78, 5) is 17.4. The lowest BCUT2D eigenvalue weighted by Gasteiger charge is -2.25. The van der Waals surface area contributed by atoms with Crippen LogP contribution in [0, 0.1) is 11.2 Å². The maximum Gasteiger partial charge on any atom is 0.232 e. The third-order valence-corrected chi connectivity index (χ3v) is 6.84. The van der Waals surface area contributed by atoms with Crippen LogP contribution in [0.25, 0.3) is 10.9 Å². The van der Waals surface area contributed by atoms with E-state index in [-0.39, 0.29) is 17.8 Å². The van der Waals surface area contributed by atoms with Crippen molar-refractivity contribution in [3.05, 3.63) is 78.7 Å². The Kier molecular flexibility index (Phi) is 6.56. The number of ether oxygens (including phenoxy) is 3.